The summed E-state index contributed by atoms with van der Waals surface area (Å²) < 4.78 is 2.83. The van der Waals surface area contributed by atoms with E-state index in [1.54, 1.807) is 6.20 Å². The van der Waals surface area contributed by atoms with E-state index in [4.69, 9.17) is 0 Å². The van der Waals surface area contributed by atoms with Crippen LogP contribution in [0.2, 0.25) is 0 Å². The lowest BCUT2D eigenvalue weighted by Gasteiger charge is -2.10. The van der Waals surface area contributed by atoms with Crippen LogP contribution in [0.15, 0.2) is 58.6 Å². The number of benzene rings is 1. The van der Waals surface area contributed by atoms with Gasteiger partial charge in [-0.2, -0.15) is 5.10 Å². The highest BCUT2D eigenvalue weighted by Gasteiger charge is 2.09. The molecule has 0 aliphatic carbocycles. The molecular weight excluding hydrogens is 362 g/mol. The van der Waals surface area contributed by atoms with Crippen LogP contribution < -0.4 is 5.32 Å². The summed E-state index contributed by atoms with van der Waals surface area (Å²) >= 11 is 4.80. The fourth-order valence-corrected chi connectivity index (χ4v) is 3.45. The second-order valence-corrected chi connectivity index (χ2v) is 7.22. The molecule has 2 aromatic heterocycles. The van der Waals surface area contributed by atoms with Gasteiger partial charge in [-0.25, -0.2) is 0 Å². The van der Waals surface area contributed by atoms with Crippen LogP contribution in [0.25, 0.3) is 0 Å². The first kappa shape index (κ1) is 15.0. The highest BCUT2D eigenvalue weighted by Crippen LogP contribution is 2.22. The van der Waals surface area contributed by atoms with Crippen molar-refractivity contribution in [3.8, 4) is 0 Å². The summed E-state index contributed by atoms with van der Waals surface area (Å²) in [5, 5.41) is 7.19. The van der Waals surface area contributed by atoms with Crippen molar-refractivity contribution in [2.75, 3.05) is 0 Å². The minimum Gasteiger partial charge on any atom is -0.347 e. The number of hydrogen-bond donors (Lipinski definition) is 1. The fraction of sp³-hybridized carbons (Fsp3) is 0.125. The topological polar surface area (TPSA) is 46.9 Å². The van der Waals surface area contributed by atoms with Gasteiger partial charge in [0.05, 0.1) is 15.2 Å². The lowest BCUT2D eigenvalue weighted by molar-refractivity contribution is 0.0955. The lowest BCUT2D eigenvalue weighted by atomic mass is 10.1. The third-order valence-electron chi connectivity index (χ3n) is 3.25. The van der Waals surface area contributed by atoms with Crippen molar-refractivity contribution in [3.63, 3.8) is 0 Å². The molecular formula is C16H14BrN3OS. The Hall–Kier alpha value is -1.92. The van der Waals surface area contributed by atoms with Crippen molar-refractivity contribution in [3.05, 3.63) is 74.6 Å². The van der Waals surface area contributed by atoms with Gasteiger partial charge in [0.15, 0.2) is 0 Å². The average Bonchev–Trinajstić information content (AvgIpc) is 3.18. The predicted octanol–water partition coefficient (Wildman–Crippen LogP) is 3.69. The number of carbonyl (C=O) groups excluding carboxylic acids is 1. The summed E-state index contributed by atoms with van der Waals surface area (Å²) in [4.78, 5) is 12.8. The molecule has 2 heterocycles. The van der Waals surface area contributed by atoms with Gasteiger partial charge in [-0.3, -0.25) is 9.48 Å². The number of aromatic nitrogens is 2. The maximum Gasteiger partial charge on any atom is 0.261 e. The number of amides is 1. The van der Waals surface area contributed by atoms with Crippen molar-refractivity contribution < 1.29 is 4.79 Å². The summed E-state index contributed by atoms with van der Waals surface area (Å²) in [5.74, 6) is -0.0513. The van der Waals surface area contributed by atoms with Crippen LogP contribution in [0.3, 0.4) is 0 Å². The number of carbonyl (C=O) groups is 1. The summed E-state index contributed by atoms with van der Waals surface area (Å²) in [5.41, 5.74) is 2.25. The average molecular weight is 376 g/mol. The maximum absolute atomic E-state index is 12.1. The molecule has 3 aromatic rings. The van der Waals surface area contributed by atoms with Crippen LogP contribution in [0.5, 0.6) is 0 Å². The maximum atomic E-state index is 12.1. The summed E-state index contributed by atoms with van der Waals surface area (Å²) in [6.45, 7) is 1.20. The first-order valence-corrected chi connectivity index (χ1v) is 8.41. The van der Waals surface area contributed by atoms with E-state index in [0.717, 1.165) is 14.9 Å². The van der Waals surface area contributed by atoms with Gasteiger partial charge in [-0.1, -0.05) is 24.3 Å². The zero-order valence-electron chi connectivity index (χ0n) is 11.7. The second kappa shape index (κ2) is 6.89. The van der Waals surface area contributed by atoms with E-state index >= 15 is 0 Å². The van der Waals surface area contributed by atoms with Gasteiger partial charge >= 0.3 is 0 Å². The molecule has 0 aliphatic rings. The molecule has 0 saturated carbocycles. The molecule has 4 nitrogen and oxygen atoms in total. The molecule has 112 valence electrons. The molecule has 1 N–H and O–H groups in total. The van der Waals surface area contributed by atoms with Crippen LogP contribution in [-0.2, 0) is 13.1 Å². The normalized spacial score (nSPS) is 10.6. The molecule has 0 atom stereocenters. The van der Waals surface area contributed by atoms with Gasteiger partial charge in [0.25, 0.3) is 5.91 Å². The summed E-state index contributed by atoms with van der Waals surface area (Å²) in [6, 6.07) is 13.7. The molecule has 1 amide bonds. The SMILES string of the molecule is O=C(NCc1ccccc1Cn1cccn1)c1ccc(Br)s1. The molecule has 0 saturated heterocycles. The van der Waals surface area contributed by atoms with E-state index in [1.165, 1.54) is 11.3 Å². The first-order chi connectivity index (χ1) is 10.7. The number of rotatable bonds is 5. The van der Waals surface area contributed by atoms with E-state index in [9.17, 15) is 4.79 Å². The van der Waals surface area contributed by atoms with E-state index < -0.39 is 0 Å². The van der Waals surface area contributed by atoms with Crippen molar-refractivity contribution in [1.82, 2.24) is 15.1 Å². The number of nitrogens with zero attached hydrogens (tertiary/aromatic N) is 2. The van der Waals surface area contributed by atoms with Gasteiger partial charge in [-0.15, -0.1) is 11.3 Å². The number of thiophene rings is 1. The van der Waals surface area contributed by atoms with Crippen molar-refractivity contribution in [2.45, 2.75) is 13.1 Å². The minimum absolute atomic E-state index is 0.0513. The highest BCUT2D eigenvalue weighted by molar-refractivity contribution is 9.11. The smallest absolute Gasteiger partial charge is 0.261 e. The highest BCUT2D eigenvalue weighted by atomic mass is 79.9. The Kier molecular flexibility index (Phi) is 4.70. The second-order valence-electron chi connectivity index (χ2n) is 4.76. The Bertz CT molecular complexity index is 767. The van der Waals surface area contributed by atoms with Gasteiger partial charge < -0.3 is 5.32 Å². The molecule has 0 unspecified atom stereocenters. The van der Waals surface area contributed by atoms with Crippen LogP contribution in [0.4, 0.5) is 0 Å². The quantitative estimate of drug-likeness (QED) is 0.739. The Morgan fingerprint density at radius 1 is 1.18 bits per heavy atom. The Morgan fingerprint density at radius 3 is 2.68 bits per heavy atom. The molecule has 22 heavy (non-hydrogen) atoms. The zero-order chi connectivity index (χ0) is 15.4. The third-order valence-corrected chi connectivity index (χ3v) is 4.87. The molecule has 0 bridgehead atoms. The van der Waals surface area contributed by atoms with Crippen molar-refractivity contribution in [2.24, 2.45) is 0 Å². The lowest BCUT2D eigenvalue weighted by Crippen LogP contribution is -2.22. The van der Waals surface area contributed by atoms with E-state index in [-0.39, 0.29) is 5.91 Å². The van der Waals surface area contributed by atoms with E-state index in [1.807, 2.05) is 47.3 Å². The third kappa shape index (κ3) is 3.64. The fourth-order valence-electron chi connectivity index (χ4n) is 2.15. The number of hydrogen-bond acceptors (Lipinski definition) is 3. The van der Waals surface area contributed by atoms with Gasteiger partial charge in [-0.05, 0) is 45.3 Å². The largest absolute Gasteiger partial charge is 0.347 e. The van der Waals surface area contributed by atoms with Crippen molar-refractivity contribution in [1.29, 1.82) is 0 Å². The molecule has 6 heteroatoms. The van der Waals surface area contributed by atoms with E-state index in [2.05, 4.69) is 32.4 Å². The molecule has 1 aromatic carbocycles. The molecule has 3 rings (SSSR count). The summed E-state index contributed by atoms with van der Waals surface area (Å²) in [7, 11) is 0. The zero-order valence-corrected chi connectivity index (χ0v) is 14.1. The van der Waals surface area contributed by atoms with Crippen LogP contribution in [0.1, 0.15) is 20.8 Å². The van der Waals surface area contributed by atoms with Crippen LogP contribution in [-0.4, -0.2) is 15.7 Å². The number of halogens is 1. The van der Waals surface area contributed by atoms with Crippen LogP contribution >= 0.6 is 27.3 Å². The predicted molar refractivity (Wildman–Crippen MR) is 91.0 cm³/mol. The Balaban J connectivity index is 1.68. The van der Waals surface area contributed by atoms with E-state index in [0.29, 0.717) is 18.0 Å². The van der Waals surface area contributed by atoms with Gasteiger partial charge in [0, 0.05) is 18.9 Å². The molecule has 0 aliphatic heterocycles. The van der Waals surface area contributed by atoms with Crippen LogP contribution in [0, 0.1) is 0 Å². The Morgan fingerprint density at radius 2 is 2.00 bits per heavy atom. The molecule has 0 spiro atoms. The molecule has 0 fully saturated rings. The van der Waals surface area contributed by atoms with Crippen molar-refractivity contribution >= 4 is 33.2 Å². The minimum atomic E-state index is -0.0513. The van der Waals surface area contributed by atoms with Gasteiger partial charge in [0.2, 0.25) is 0 Å². The number of nitrogens with one attached hydrogen (secondary N) is 1. The monoisotopic (exact) mass is 375 g/mol. The van der Waals surface area contributed by atoms with Gasteiger partial charge in [0.1, 0.15) is 0 Å². The summed E-state index contributed by atoms with van der Waals surface area (Å²) in [6.07, 6.45) is 3.69. The molecule has 0 radical (unpaired) electrons. The first-order valence-electron chi connectivity index (χ1n) is 6.80. The Labute approximate surface area is 140 Å². The standard InChI is InChI=1S/C16H14BrN3OS/c17-15-7-6-14(22-15)16(21)18-10-12-4-1-2-5-13(12)11-20-9-3-8-19-20/h1-9H,10-11H2,(H,18,21).